The summed E-state index contributed by atoms with van der Waals surface area (Å²) >= 11 is 0. The second kappa shape index (κ2) is 13.2. The molecule has 0 fully saturated rings. The molecule has 6 rings (SSSR count). The van der Waals surface area contributed by atoms with Gasteiger partial charge in [0.1, 0.15) is 23.0 Å². The van der Waals surface area contributed by atoms with Crippen LogP contribution in [0.2, 0.25) is 0 Å². The van der Waals surface area contributed by atoms with E-state index in [4.69, 9.17) is 14.2 Å². The Hall–Kier alpha value is -5.90. The van der Waals surface area contributed by atoms with Crippen molar-refractivity contribution in [3.8, 4) is 23.0 Å². The second-order valence-corrected chi connectivity index (χ2v) is 11.1. The zero-order valence-corrected chi connectivity index (χ0v) is 26.6. The standard InChI is InChI=1S/C37H36N4O6/c1-41-30-11-7-5-9-26(30)35(42)33(36(41)43)32(22-13-15-23(45-2)16-14-22)34-25(27-21-24(46-3)17-18-28(27)39-34)19-20-38-37(44)40-29-10-6-8-12-31(29)47-4/h5-18,21,32,39,42H,19-20H2,1-4H3,(H2,38,40,44). The molecule has 47 heavy (non-hydrogen) atoms. The average molecular weight is 633 g/mol. The summed E-state index contributed by atoms with van der Waals surface area (Å²) in [4.78, 5) is 30.7. The average Bonchev–Trinajstić information content (AvgIpc) is 3.46. The Labute approximate surface area is 271 Å². The lowest BCUT2D eigenvalue weighted by Crippen LogP contribution is -2.31. The van der Waals surface area contributed by atoms with Gasteiger partial charge in [-0.15, -0.1) is 0 Å². The number of carbonyl (C=O) groups is 1. The monoisotopic (exact) mass is 632 g/mol. The lowest BCUT2D eigenvalue weighted by atomic mass is 9.85. The smallest absolute Gasteiger partial charge is 0.319 e. The van der Waals surface area contributed by atoms with Gasteiger partial charge in [0.2, 0.25) is 0 Å². The maximum atomic E-state index is 14.1. The summed E-state index contributed by atoms with van der Waals surface area (Å²) < 4.78 is 17.9. The fourth-order valence-electron chi connectivity index (χ4n) is 6.14. The topological polar surface area (TPSA) is 127 Å². The highest BCUT2D eigenvalue weighted by Gasteiger charge is 2.30. The van der Waals surface area contributed by atoms with Gasteiger partial charge in [0.15, 0.2) is 0 Å². The molecule has 240 valence electrons. The number of aromatic nitrogens is 2. The van der Waals surface area contributed by atoms with Crippen molar-refractivity contribution in [1.29, 1.82) is 0 Å². The minimum Gasteiger partial charge on any atom is -0.507 e. The van der Waals surface area contributed by atoms with Crippen LogP contribution in [0.5, 0.6) is 23.0 Å². The van der Waals surface area contributed by atoms with E-state index in [-0.39, 0.29) is 29.4 Å². The number of amides is 2. The molecule has 1 atom stereocenters. The van der Waals surface area contributed by atoms with Crippen LogP contribution in [0.1, 0.15) is 28.3 Å². The lowest BCUT2D eigenvalue weighted by Gasteiger charge is -2.22. The predicted molar refractivity (Wildman–Crippen MR) is 183 cm³/mol. The summed E-state index contributed by atoms with van der Waals surface area (Å²) in [5, 5.41) is 19.0. The first-order valence-corrected chi connectivity index (χ1v) is 15.2. The number of hydrogen-bond donors (Lipinski definition) is 4. The van der Waals surface area contributed by atoms with E-state index in [0.29, 0.717) is 46.0 Å². The van der Waals surface area contributed by atoms with Gasteiger partial charge >= 0.3 is 6.03 Å². The fraction of sp³-hybridized carbons (Fsp3) is 0.189. The summed E-state index contributed by atoms with van der Waals surface area (Å²) in [6, 6.07) is 27.2. The number of para-hydroxylation sites is 3. The van der Waals surface area contributed by atoms with E-state index in [9.17, 15) is 14.7 Å². The van der Waals surface area contributed by atoms with Crippen LogP contribution >= 0.6 is 0 Å². The van der Waals surface area contributed by atoms with Crippen LogP contribution in [-0.4, -0.2) is 48.6 Å². The van der Waals surface area contributed by atoms with Gasteiger partial charge < -0.3 is 39.5 Å². The van der Waals surface area contributed by atoms with Crippen molar-refractivity contribution in [2.24, 2.45) is 7.05 Å². The molecule has 2 aromatic heterocycles. The molecule has 0 bridgehead atoms. The van der Waals surface area contributed by atoms with E-state index in [1.807, 2.05) is 72.8 Å². The van der Waals surface area contributed by atoms with Gasteiger partial charge in [-0.2, -0.15) is 0 Å². The summed E-state index contributed by atoms with van der Waals surface area (Å²) in [5.41, 5.74) is 4.27. The normalized spacial score (nSPS) is 11.7. The van der Waals surface area contributed by atoms with Gasteiger partial charge in [-0.05, 0) is 72.1 Å². The maximum absolute atomic E-state index is 14.1. The van der Waals surface area contributed by atoms with Crippen molar-refractivity contribution in [2.75, 3.05) is 33.2 Å². The van der Waals surface area contributed by atoms with E-state index >= 15 is 0 Å². The van der Waals surface area contributed by atoms with Crippen molar-refractivity contribution >= 4 is 33.5 Å². The Kier molecular flexibility index (Phi) is 8.75. The number of benzene rings is 4. The number of nitrogens with one attached hydrogen (secondary N) is 3. The van der Waals surface area contributed by atoms with Gasteiger partial charge in [0, 0.05) is 35.6 Å². The number of aryl methyl sites for hydroxylation is 1. The van der Waals surface area contributed by atoms with Crippen molar-refractivity contribution in [3.63, 3.8) is 0 Å². The molecule has 2 amide bonds. The molecular formula is C37H36N4O6. The molecule has 0 saturated heterocycles. The Bertz CT molecular complexity index is 2130. The van der Waals surface area contributed by atoms with Crippen molar-refractivity contribution in [2.45, 2.75) is 12.3 Å². The number of pyridine rings is 1. The molecule has 10 heteroatoms. The summed E-state index contributed by atoms with van der Waals surface area (Å²) in [6.07, 6.45) is 0.406. The number of carbonyl (C=O) groups excluding carboxylic acids is 1. The largest absolute Gasteiger partial charge is 0.507 e. The SMILES string of the molecule is COc1ccc(C(c2[nH]c3ccc(OC)cc3c2CCNC(=O)Nc2ccccc2OC)c2c(O)c3ccccc3n(C)c2=O)cc1. The van der Waals surface area contributed by atoms with E-state index < -0.39 is 5.92 Å². The van der Waals surface area contributed by atoms with Crippen LogP contribution in [0, 0.1) is 0 Å². The maximum Gasteiger partial charge on any atom is 0.319 e. The Morgan fingerprint density at radius 3 is 2.32 bits per heavy atom. The van der Waals surface area contributed by atoms with E-state index in [2.05, 4.69) is 15.6 Å². The molecule has 2 heterocycles. The number of anilines is 1. The molecule has 4 N–H and O–H groups in total. The summed E-state index contributed by atoms with van der Waals surface area (Å²) in [6.45, 7) is 0.273. The molecule has 0 aliphatic heterocycles. The van der Waals surface area contributed by atoms with Gasteiger partial charge in [0.05, 0.1) is 44.0 Å². The van der Waals surface area contributed by atoms with Crippen LogP contribution in [0.25, 0.3) is 21.8 Å². The molecule has 1 unspecified atom stereocenters. The molecule has 0 spiro atoms. The first-order valence-electron chi connectivity index (χ1n) is 15.2. The molecule has 6 aromatic rings. The van der Waals surface area contributed by atoms with Crippen molar-refractivity contribution in [3.05, 3.63) is 124 Å². The number of H-pyrrole nitrogens is 1. The predicted octanol–water partition coefficient (Wildman–Crippen LogP) is 6.30. The Balaban J connectivity index is 1.48. The van der Waals surface area contributed by atoms with Crippen LogP contribution in [0.4, 0.5) is 10.5 Å². The number of aromatic hydroxyl groups is 1. The molecule has 0 radical (unpaired) electrons. The van der Waals surface area contributed by atoms with E-state index in [1.54, 1.807) is 51.1 Å². The van der Waals surface area contributed by atoms with Gasteiger partial charge in [-0.3, -0.25) is 4.79 Å². The van der Waals surface area contributed by atoms with Crippen LogP contribution in [-0.2, 0) is 13.5 Å². The number of rotatable bonds is 10. The van der Waals surface area contributed by atoms with Gasteiger partial charge in [-0.25, -0.2) is 4.79 Å². The number of aromatic amines is 1. The highest BCUT2D eigenvalue weighted by atomic mass is 16.5. The van der Waals surface area contributed by atoms with Gasteiger partial charge in [-0.1, -0.05) is 36.4 Å². The first-order chi connectivity index (χ1) is 22.8. The summed E-state index contributed by atoms with van der Waals surface area (Å²) in [7, 11) is 6.46. The number of ether oxygens (including phenoxy) is 3. The second-order valence-electron chi connectivity index (χ2n) is 11.1. The highest BCUT2D eigenvalue weighted by Crippen LogP contribution is 2.42. The zero-order chi connectivity index (χ0) is 33.1. The third kappa shape index (κ3) is 5.93. The molecule has 10 nitrogen and oxygen atoms in total. The molecule has 0 aliphatic rings. The first kappa shape index (κ1) is 31.1. The minimum absolute atomic E-state index is 0.0824. The van der Waals surface area contributed by atoms with Crippen molar-refractivity contribution < 1.29 is 24.1 Å². The summed E-state index contributed by atoms with van der Waals surface area (Å²) in [5.74, 6) is 1.10. The number of fused-ring (bicyclic) bond motifs is 2. The zero-order valence-electron chi connectivity index (χ0n) is 26.6. The third-order valence-electron chi connectivity index (χ3n) is 8.50. The number of urea groups is 1. The molecule has 0 aliphatic carbocycles. The van der Waals surface area contributed by atoms with E-state index in [1.165, 1.54) is 0 Å². The minimum atomic E-state index is -0.694. The fourth-order valence-corrected chi connectivity index (χ4v) is 6.14. The van der Waals surface area contributed by atoms with Crippen LogP contribution in [0.3, 0.4) is 0 Å². The van der Waals surface area contributed by atoms with Crippen LogP contribution in [0.15, 0.2) is 95.8 Å². The lowest BCUT2D eigenvalue weighted by molar-refractivity contribution is 0.252. The number of methoxy groups -OCH3 is 3. The van der Waals surface area contributed by atoms with E-state index in [0.717, 1.165) is 22.0 Å². The third-order valence-corrected chi connectivity index (χ3v) is 8.50. The molecule has 4 aromatic carbocycles. The molecular weight excluding hydrogens is 596 g/mol. The van der Waals surface area contributed by atoms with Gasteiger partial charge in [0.25, 0.3) is 5.56 Å². The Morgan fingerprint density at radius 2 is 1.57 bits per heavy atom. The quantitative estimate of drug-likeness (QED) is 0.141. The van der Waals surface area contributed by atoms with Crippen molar-refractivity contribution in [1.82, 2.24) is 14.9 Å². The molecule has 0 saturated carbocycles. The number of nitrogens with zero attached hydrogens (tertiary/aromatic N) is 1. The van der Waals surface area contributed by atoms with Crippen LogP contribution < -0.4 is 30.4 Å². The number of hydrogen-bond acceptors (Lipinski definition) is 6. The highest BCUT2D eigenvalue weighted by molar-refractivity contribution is 5.91. The Morgan fingerprint density at radius 1 is 0.872 bits per heavy atom.